The van der Waals surface area contributed by atoms with E-state index in [9.17, 15) is 0 Å². The van der Waals surface area contributed by atoms with Crippen LogP contribution in [0.15, 0.2) is 31.8 Å². The van der Waals surface area contributed by atoms with Gasteiger partial charge in [0.1, 0.15) is 0 Å². The van der Waals surface area contributed by atoms with Gasteiger partial charge in [-0.3, -0.25) is 0 Å². The number of ether oxygens (including phenoxy) is 2. The molecule has 0 aromatic carbocycles. The van der Waals surface area contributed by atoms with Gasteiger partial charge in [-0.15, -0.1) is 0 Å². The molecule has 0 bridgehead atoms. The van der Waals surface area contributed by atoms with Gasteiger partial charge in [0.15, 0.2) is 0 Å². The van der Waals surface area contributed by atoms with Crippen molar-refractivity contribution in [3.05, 3.63) is 11.8 Å². The second-order valence-electron chi connectivity index (χ2n) is 16.9. The van der Waals surface area contributed by atoms with Crippen molar-refractivity contribution in [3.63, 3.8) is 0 Å². The molecule has 5 fully saturated rings. The van der Waals surface area contributed by atoms with Gasteiger partial charge in [-0.2, -0.15) is 0 Å². The largest absolute Gasteiger partial charge is 0.457 e. The van der Waals surface area contributed by atoms with Crippen LogP contribution in [0.5, 0.6) is 0 Å². The van der Waals surface area contributed by atoms with Crippen molar-refractivity contribution in [2.75, 3.05) is 0 Å². The van der Waals surface area contributed by atoms with Gasteiger partial charge in [0, 0.05) is 24.9 Å². The summed E-state index contributed by atoms with van der Waals surface area (Å²) < 4.78 is 12.7. The van der Waals surface area contributed by atoms with E-state index in [2.05, 4.69) is 61.5 Å². The minimum absolute atomic E-state index is 0.0785. The number of aliphatic imine (C=N–C) groups is 4. The number of fused-ring (bicyclic) bond motifs is 7. The Balaban J connectivity index is 1.10. The number of nitrogens with zero attached hydrogens (tertiary/aromatic N) is 4. The number of rotatable bonds is 5. The Morgan fingerprint density at radius 3 is 2.04 bits per heavy atom. The maximum Gasteiger partial charge on any atom is 0.287 e. The fourth-order valence-electron chi connectivity index (χ4n) is 12.6. The molecular formula is C37H52N4O2S2. The first-order chi connectivity index (χ1) is 21.3. The molecule has 10 atom stereocenters. The molecule has 7 rings (SSSR count). The molecule has 0 amide bonds. The van der Waals surface area contributed by atoms with E-state index in [4.69, 9.17) is 33.9 Å². The summed E-state index contributed by atoms with van der Waals surface area (Å²) in [4.78, 5) is 19.0. The molecule has 5 saturated carbocycles. The summed E-state index contributed by atoms with van der Waals surface area (Å²) in [6, 6.07) is 0. The minimum Gasteiger partial charge on any atom is -0.457 e. The molecule has 0 radical (unpaired) electrons. The van der Waals surface area contributed by atoms with E-state index in [0.29, 0.717) is 37.8 Å². The van der Waals surface area contributed by atoms with Gasteiger partial charge >= 0.3 is 0 Å². The topological polar surface area (TPSA) is 67.9 Å². The molecule has 45 heavy (non-hydrogen) atoms. The minimum atomic E-state index is -0.505. The van der Waals surface area contributed by atoms with Crippen molar-refractivity contribution in [2.24, 2.45) is 77.1 Å². The first-order valence-electron chi connectivity index (χ1n) is 17.5. The molecular weight excluding hydrogens is 597 g/mol. The molecule has 10 unspecified atom stereocenters. The molecule has 0 saturated heterocycles. The molecule has 244 valence electrons. The molecule has 2 aliphatic heterocycles. The van der Waals surface area contributed by atoms with Crippen LogP contribution in [0.25, 0.3) is 0 Å². The highest BCUT2D eigenvalue weighted by Gasteiger charge is 2.66. The van der Waals surface area contributed by atoms with Crippen molar-refractivity contribution in [1.82, 2.24) is 0 Å². The first-order valence-corrected chi connectivity index (χ1v) is 18.3. The summed E-state index contributed by atoms with van der Waals surface area (Å²) in [5.74, 6) is 4.33. The monoisotopic (exact) mass is 648 g/mol. The van der Waals surface area contributed by atoms with Gasteiger partial charge in [-0.25, -0.2) is 20.0 Å². The summed E-state index contributed by atoms with van der Waals surface area (Å²) in [6.07, 6.45) is 21.1. The lowest BCUT2D eigenvalue weighted by molar-refractivity contribution is -0.227. The Kier molecular flexibility index (Phi) is 8.16. The Labute approximate surface area is 281 Å². The molecule has 0 spiro atoms. The van der Waals surface area contributed by atoms with Gasteiger partial charge in [0.05, 0.1) is 22.1 Å². The number of thiocarbonyl (C=S) groups is 2. The molecule has 0 aromatic heterocycles. The lowest BCUT2D eigenvalue weighted by atomic mass is 9.36. The van der Waals surface area contributed by atoms with Crippen LogP contribution < -0.4 is 0 Å². The van der Waals surface area contributed by atoms with Crippen molar-refractivity contribution in [1.29, 1.82) is 0 Å². The van der Waals surface area contributed by atoms with Gasteiger partial charge in [-0.1, -0.05) is 59.1 Å². The van der Waals surface area contributed by atoms with Crippen molar-refractivity contribution >= 4 is 59.0 Å². The second-order valence-corrected chi connectivity index (χ2v) is 17.9. The Morgan fingerprint density at radius 2 is 1.36 bits per heavy atom. The van der Waals surface area contributed by atoms with E-state index in [1.165, 1.54) is 63.4 Å². The standard InChI is InChI=1S/C37H52N4O2S2/c1-22(21-42-32-38-17-23(44)18-39-32)25-9-13-35(4)14-10-27-26(31(25)35)7-8-29-36(27,5)15-11-28-34(2,3)30(12-16-37(28,29)6)43-33-40-19-24(45)20-41-33/h17-21,25-33H,7-16H2,1-6H3. The Hall–Kier alpha value is -1.64. The predicted octanol–water partition coefficient (Wildman–Crippen LogP) is 8.62. The van der Waals surface area contributed by atoms with E-state index < -0.39 is 12.7 Å². The van der Waals surface area contributed by atoms with Crippen LogP contribution in [0.1, 0.15) is 106 Å². The molecule has 0 aromatic rings. The first kappa shape index (κ1) is 31.9. The fraction of sp³-hybridized carbons (Fsp3) is 0.784. The summed E-state index contributed by atoms with van der Waals surface area (Å²) in [5, 5.41) is 0. The summed E-state index contributed by atoms with van der Waals surface area (Å²) in [6.45, 7) is 15.2. The van der Waals surface area contributed by atoms with Gasteiger partial charge in [0.2, 0.25) is 6.35 Å². The fourth-order valence-corrected chi connectivity index (χ4v) is 12.8. The summed E-state index contributed by atoms with van der Waals surface area (Å²) in [5.41, 5.74) is 2.63. The van der Waals surface area contributed by atoms with E-state index >= 15 is 0 Å². The third kappa shape index (κ3) is 5.28. The molecule has 8 heteroatoms. The maximum atomic E-state index is 6.60. The lowest BCUT2D eigenvalue weighted by Crippen LogP contribution is -2.63. The average Bonchev–Trinajstić information content (AvgIpc) is 3.37. The molecule has 2 heterocycles. The van der Waals surface area contributed by atoms with Gasteiger partial charge in [-0.05, 0) is 134 Å². The second kappa shape index (κ2) is 11.5. The predicted molar refractivity (Wildman–Crippen MR) is 192 cm³/mol. The van der Waals surface area contributed by atoms with Crippen LogP contribution in [-0.2, 0) is 9.47 Å². The quantitative estimate of drug-likeness (QED) is 0.221. The molecule has 5 aliphatic carbocycles. The number of hydrogen-bond donors (Lipinski definition) is 0. The van der Waals surface area contributed by atoms with E-state index in [0.717, 1.165) is 30.1 Å². The lowest BCUT2D eigenvalue weighted by Gasteiger charge is -2.69. The SMILES string of the molecule is CC(=COC1N=CC(=S)C=N1)C1CCC2(C)CCC3C(CCC4C3(C)CCC3C(C)(C)C(OC5N=CC(=S)C=N5)CCC34C)C12. The van der Waals surface area contributed by atoms with E-state index in [1.54, 1.807) is 24.9 Å². The zero-order valence-electron chi connectivity index (χ0n) is 28.1. The molecule has 0 N–H and O–H groups in total. The number of allylic oxidation sites excluding steroid dienone is 1. The third-order valence-corrected chi connectivity index (χ3v) is 14.9. The van der Waals surface area contributed by atoms with Crippen LogP contribution in [0.4, 0.5) is 0 Å². The van der Waals surface area contributed by atoms with Crippen LogP contribution in [-0.4, -0.2) is 53.4 Å². The zero-order valence-corrected chi connectivity index (χ0v) is 29.7. The Morgan fingerprint density at radius 1 is 0.733 bits per heavy atom. The van der Waals surface area contributed by atoms with Crippen molar-refractivity contribution in [2.45, 2.75) is 125 Å². The van der Waals surface area contributed by atoms with Crippen LogP contribution in [0.2, 0.25) is 0 Å². The van der Waals surface area contributed by atoms with E-state index in [-0.39, 0.29) is 11.5 Å². The normalized spacial score (nSPS) is 46.0. The van der Waals surface area contributed by atoms with Crippen LogP contribution in [0, 0.1) is 57.2 Å². The van der Waals surface area contributed by atoms with Crippen LogP contribution >= 0.6 is 24.4 Å². The molecule has 6 nitrogen and oxygen atoms in total. The third-order valence-electron chi connectivity index (χ3n) is 14.5. The van der Waals surface area contributed by atoms with Crippen molar-refractivity contribution < 1.29 is 9.47 Å². The van der Waals surface area contributed by atoms with E-state index in [1.807, 2.05) is 6.26 Å². The smallest absolute Gasteiger partial charge is 0.287 e. The van der Waals surface area contributed by atoms with Gasteiger partial charge < -0.3 is 9.47 Å². The van der Waals surface area contributed by atoms with Crippen molar-refractivity contribution in [3.8, 4) is 0 Å². The maximum absolute atomic E-state index is 6.60. The zero-order chi connectivity index (χ0) is 31.8. The summed E-state index contributed by atoms with van der Waals surface area (Å²) >= 11 is 10.4. The average molecular weight is 649 g/mol. The van der Waals surface area contributed by atoms with Crippen LogP contribution in [0.3, 0.4) is 0 Å². The highest BCUT2D eigenvalue weighted by atomic mass is 32.1. The summed E-state index contributed by atoms with van der Waals surface area (Å²) in [7, 11) is 0. The van der Waals surface area contributed by atoms with Gasteiger partial charge in [0.25, 0.3) is 6.35 Å². The molecule has 7 aliphatic rings. The number of hydrogen-bond acceptors (Lipinski definition) is 8. The highest BCUT2D eigenvalue weighted by molar-refractivity contribution is 7.83. The highest BCUT2D eigenvalue weighted by Crippen LogP contribution is 2.73. The Bertz CT molecular complexity index is 1350.